The first-order valence-corrected chi connectivity index (χ1v) is 11.8. The first-order valence-electron chi connectivity index (χ1n) is 10.0. The van der Waals surface area contributed by atoms with Crippen molar-refractivity contribution in [3.05, 3.63) is 78.1 Å². The summed E-state index contributed by atoms with van der Waals surface area (Å²) in [7, 11) is 0. The van der Waals surface area contributed by atoms with Crippen molar-refractivity contribution in [1.29, 1.82) is 0 Å². The number of thioether (sulfide) groups is 1. The van der Waals surface area contributed by atoms with E-state index in [-0.39, 0.29) is 30.0 Å². The fraction of sp³-hybridized carbons (Fsp3) is 0.125. The number of anilines is 2. The second-order valence-electron chi connectivity index (χ2n) is 7.16. The van der Waals surface area contributed by atoms with Gasteiger partial charge in [-0.1, -0.05) is 23.9 Å². The number of carbonyl (C=O) groups is 2. The molecule has 0 aliphatic rings. The number of amides is 2. The Morgan fingerprint density at radius 2 is 1.76 bits per heavy atom. The Labute approximate surface area is 198 Å². The van der Waals surface area contributed by atoms with Crippen LogP contribution in [0.5, 0.6) is 5.75 Å². The number of benzene rings is 3. The van der Waals surface area contributed by atoms with E-state index in [0.29, 0.717) is 17.1 Å². The van der Waals surface area contributed by atoms with Crippen LogP contribution in [0.2, 0.25) is 0 Å². The van der Waals surface area contributed by atoms with Crippen molar-refractivity contribution >= 4 is 56.5 Å². The summed E-state index contributed by atoms with van der Waals surface area (Å²) in [6.07, 6.45) is 0. The smallest absolute Gasteiger partial charge is 0.262 e. The molecule has 9 heteroatoms. The fourth-order valence-electron chi connectivity index (χ4n) is 2.95. The molecule has 168 valence electrons. The van der Waals surface area contributed by atoms with Crippen molar-refractivity contribution < 1.29 is 18.7 Å². The molecule has 2 N–H and O–H groups in total. The highest BCUT2D eigenvalue weighted by molar-refractivity contribution is 8.01. The highest BCUT2D eigenvalue weighted by atomic mass is 32.2. The third-order valence-electron chi connectivity index (χ3n) is 4.47. The highest BCUT2D eigenvalue weighted by Crippen LogP contribution is 2.31. The van der Waals surface area contributed by atoms with Crippen molar-refractivity contribution in [2.24, 2.45) is 0 Å². The van der Waals surface area contributed by atoms with Crippen LogP contribution in [0.15, 0.2) is 71.1 Å². The average molecular weight is 482 g/mol. The number of carbonyl (C=O) groups excluding carboxylic acids is 2. The molecule has 4 aromatic rings. The standard InChI is InChI=1S/C24H20FN3O3S2/c1-15-3-2-4-19(11-15)31-13-22(29)27-18-9-10-20-21(12-18)33-24(28-20)32-14-23(30)26-17-7-5-16(25)6-8-17/h2-12H,13-14H2,1H3,(H,26,30)(H,27,29). The molecule has 33 heavy (non-hydrogen) atoms. The Hall–Kier alpha value is -3.43. The topological polar surface area (TPSA) is 80.3 Å². The molecule has 0 aliphatic carbocycles. The summed E-state index contributed by atoms with van der Waals surface area (Å²) < 4.78 is 20.1. The van der Waals surface area contributed by atoms with Gasteiger partial charge in [0, 0.05) is 11.4 Å². The Balaban J connectivity index is 1.30. The maximum atomic E-state index is 13.0. The molecule has 4 rings (SSSR count). The number of aromatic nitrogens is 1. The van der Waals surface area contributed by atoms with E-state index in [1.165, 1.54) is 47.4 Å². The quantitative estimate of drug-likeness (QED) is 0.325. The second kappa shape index (κ2) is 10.5. The van der Waals surface area contributed by atoms with E-state index in [0.717, 1.165) is 20.1 Å². The van der Waals surface area contributed by atoms with Crippen molar-refractivity contribution in [1.82, 2.24) is 4.98 Å². The molecule has 0 saturated heterocycles. The van der Waals surface area contributed by atoms with Gasteiger partial charge in [-0.15, -0.1) is 11.3 Å². The van der Waals surface area contributed by atoms with Gasteiger partial charge in [-0.25, -0.2) is 9.37 Å². The van der Waals surface area contributed by atoms with Gasteiger partial charge in [-0.05, 0) is 67.1 Å². The van der Waals surface area contributed by atoms with Crippen molar-refractivity contribution in [2.75, 3.05) is 23.0 Å². The summed E-state index contributed by atoms with van der Waals surface area (Å²) >= 11 is 2.76. The van der Waals surface area contributed by atoms with Gasteiger partial charge >= 0.3 is 0 Å². The predicted molar refractivity (Wildman–Crippen MR) is 131 cm³/mol. The third kappa shape index (κ3) is 6.53. The minimum Gasteiger partial charge on any atom is -0.484 e. The summed E-state index contributed by atoms with van der Waals surface area (Å²) in [5, 5.41) is 5.55. The molecule has 6 nitrogen and oxygen atoms in total. The largest absolute Gasteiger partial charge is 0.484 e. The van der Waals surface area contributed by atoms with Gasteiger partial charge in [0.25, 0.3) is 5.91 Å². The minimum atomic E-state index is -0.355. The third-order valence-corrected chi connectivity index (χ3v) is 6.63. The molecular formula is C24H20FN3O3S2. The van der Waals surface area contributed by atoms with E-state index in [4.69, 9.17) is 4.74 Å². The van der Waals surface area contributed by atoms with Crippen LogP contribution in [-0.4, -0.2) is 29.2 Å². The molecule has 1 heterocycles. The zero-order chi connectivity index (χ0) is 23.2. The van der Waals surface area contributed by atoms with Crippen LogP contribution in [0.1, 0.15) is 5.56 Å². The van der Waals surface area contributed by atoms with Gasteiger partial charge in [0.2, 0.25) is 5.91 Å². The fourth-order valence-corrected chi connectivity index (χ4v) is 4.86. The average Bonchev–Trinajstić information content (AvgIpc) is 3.20. The van der Waals surface area contributed by atoms with Gasteiger partial charge < -0.3 is 15.4 Å². The molecule has 0 fully saturated rings. The summed E-state index contributed by atoms with van der Waals surface area (Å²) in [6, 6.07) is 18.6. The highest BCUT2D eigenvalue weighted by Gasteiger charge is 2.10. The molecule has 0 atom stereocenters. The van der Waals surface area contributed by atoms with Gasteiger partial charge in [-0.3, -0.25) is 9.59 Å². The van der Waals surface area contributed by atoms with Crippen LogP contribution in [0, 0.1) is 12.7 Å². The van der Waals surface area contributed by atoms with Crippen molar-refractivity contribution in [3.63, 3.8) is 0 Å². The minimum absolute atomic E-state index is 0.0888. The van der Waals surface area contributed by atoms with Gasteiger partial charge in [-0.2, -0.15) is 0 Å². The van der Waals surface area contributed by atoms with Crippen molar-refractivity contribution in [3.8, 4) is 5.75 Å². The zero-order valence-electron chi connectivity index (χ0n) is 17.6. The summed E-state index contributed by atoms with van der Waals surface area (Å²) in [5.74, 6) is 0.0103. The van der Waals surface area contributed by atoms with Crippen LogP contribution in [0.4, 0.5) is 15.8 Å². The van der Waals surface area contributed by atoms with Crippen molar-refractivity contribution in [2.45, 2.75) is 11.3 Å². The number of halogens is 1. The lowest BCUT2D eigenvalue weighted by Crippen LogP contribution is -2.20. The van der Waals surface area contributed by atoms with E-state index < -0.39 is 0 Å². The zero-order valence-corrected chi connectivity index (χ0v) is 19.3. The molecule has 2 amide bonds. The Morgan fingerprint density at radius 1 is 1.00 bits per heavy atom. The maximum absolute atomic E-state index is 13.0. The summed E-state index contributed by atoms with van der Waals surface area (Å²) in [6.45, 7) is 1.87. The van der Waals surface area contributed by atoms with Crippen LogP contribution in [0.25, 0.3) is 10.2 Å². The number of nitrogens with one attached hydrogen (secondary N) is 2. The molecule has 0 spiro atoms. The van der Waals surface area contributed by atoms with E-state index in [2.05, 4.69) is 15.6 Å². The molecule has 0 unspecified atom stereocenters. The van der Waals surface area contributed by atoms with Crippen LogP contribution in [0.3, 0.4) is 0 Å². The summed E-state index contributed by atoms with van der Waals surface area (Å²) in [5.41, 5.74) is 3.04. The number of hydrogen-bond donors (Lipinski definition) is 2. The van der Waals surface area contributed by atoms with Crippen LogP contribution in [-0.2, 0) is 9.59 Å². The van der Waals surface area contributed by atoms with E-state index in [1.807, 2.05) is 43.3 Å². The lowest BCUT2D eigenvalue weighted by atomic mass is 10.2. The first kappa shape index (κ1) is 22.8. The van der Waals surface area contributed by atoms with E-state index >= 15 is 0 Å². The number of aryl methyl sites for hydroxylation is 1. The van der Waals surface area contributed by atoms with Crippen LogP contribution >= 0.6 is 23.1 Å². The van der Waals surface area contributed by atoms with E-state index in [9.17, 15) is 14.0 Å². The molecule has 0 saturated carbocycles. The Morgan fingerprint density at radius 3 is 2.55 bits per heavy atom. The predicted octanol–water partition coefficient (Wildman–Crippen LogP) is 5.49. The van der Waals surface area contributed by atoms with Gasteiger partial charge in [0.15, 0.2) is 10.9 Å². The Bertz CT molecular complexity index is 1290. The molecule has 0 bridgehead atoms. The molecule has 0 radical (unpaired) electrons. The maximum Gasteiger partial charge on any atom is 0.262 e. The van der Waals surface area contributed by atoms with Crippen LogP contribution < -0.4 is 15.4 Å². The second-order valence-corrected chi connectivity index (χ2v) is 9.41. The van der Waals surface area contributed by atoms with Gasteiger partial charge in [0.1, 0.15) is 11.6 Å². The number of fused-ring (bicyclic) bond motifs is 1. The number of nitrogens with zero attached hydrogens (tertiary/aromatic N) is 1. The first-order chi connectivity index (χ1) is 15.9. The lowest BCUT2D eigenvalue weighted by Gasteiger charge is -2.08. The number of rotatable bonds is 8. The molecular weight excluding hydrogens is 461 g/mol. The SMILES string of the molecule is Cc1cccc(OCC(=O)Nc2ccc3nc(SCC(=O)Nc4ccc(F)cc4)sc3c2)c1. The summed E-state index contributed by atoms with van der Waals surface area (Å²) in [4.78, 5) is 28.9. The van der Waals surface area contributed by atoms with E-state index in [1.54, 1.807) is 6.07 Å². The number of hydrogen-bond acceptors (Lipinski definition) is 6. The van der Waals surface area contributed by atoms with Gasteiger partial charge in [0.05, 0.1) is 16.0 Å². The number of ether oxygens (including phenoxy) is 1. The lowest BCUT2D eigenvalue weighted by molar-refractivity contribution is -0.118. The number of thiazole rings is 1. The normalized spacial score (nSPS) is 10.7. The molecule has 0 aliphatic heterocycles. The monoisotopic (exact) mass is 481 g/mol. The Kier molecular flexibility index (Phi) is 7.21. The molecule has 3 aromatic carbocycles. The molecule has 1 aromatic heterocycles.